The molecular weight excluding hydrogens is 379 g/mol. The molecule has 0 amide bonds. The number of anilines is 1. The summed E-state index contributed by atoms with van der Waals surface area (Å²) in [5.74, 6) is 0. The lowest BCUT2D eigenvalue weighted by Crippen LogP contribution is -2.35. The van der Waals surface area contributed by atoms with Gasteiger partial charge in [-0.05, 0) is 50.3 Å². The molecule has 0 spiro atoms. The quantitative estimate of drug-likeness (QED) is 0.710. The predicted molar refractivity (Wildman–Crippen MR) is 98.7 cm³/mol. The molecule has 8 heteroatoms. The number of aromatic nitrogens is 2. The van der Waals surface area contributed by atoms with Gasteiger partial charge >= 0.3 is 6.18 Å². The number of pyridine rings is 2. The zero-order chi connectivity index (χ0) is 19.7. The average molecular weight is 400 g/mol. The number of alkyl halides is 3. The van der Waals surface area contributed by atoms with Crippen molar-refractivity contribution in [3.63, 3.8) is 0 Å². The second-order valence-electron chi connectivity index (χ2n) is 7.31. The first kappa shape index (κ1) is 19.9. The predicted octanol–water partition coefficient (Wildman–Crippen LogP) is 5.01. The molecule has 0 atom stereocenters. The van der Waals surface area contributed by atoms with E-state index in [4.69, 9.17) is 11.6 Å². The van der Waals surface area contributed by atoms with Crippen molar-refractivity contribution in [3.05, 3.63) is 41.3 Å². The Morgan fingerprint density at radius 1 is 1.22 bits per heavy atom. The second kappa shape index (κ2) is 7.64. The van der Waals surface area contributed by atoms with Crippen molar-refractivity contribution in [1.82, 2.24) is 9.97 Å². The molecule has 2 aromatic heterocycles. The van der Waals surface area contributed by atoms with Crippen LogP contribution in [0.3, 0.4) is 0 Å². The van der Waals surface area contributed by atoms with E-state index < -0.39 is 18.2 Å². The van der Waals surface area contributed by atoms with Crippen LogP contribution in [0.5, 0.6) is 0 Å². The van der Waals surface area contributed by atoms with Crippen LogP contribution in [0.25, 0.3) is 11.3 Å². The molecule has 2 N–H and O–H groups in total. The molecule has 1 aliphatic rings. The summed E-state index contributed by atoms with van der Waals surface area (Å²) in [6.45, 7) is 1.84. The van der Waals surface area contributed by atoms with E-state index in [0.717, 1.165) is 18.5 Å². The normalized spacial score (nSPS) is 23.3. The van der Waals surface area contributed by atoms with Crippen LogP contribution in [0.4, 0.5) is 18.9 Å². The van der Waals surface area contributed by atoms with Crippen molar-refractivity contribution >= 4 is 17.3 Å². The number of aliphatic hydroxyl groups is 1. The van der Waals surface area contributed by atoms with Gasteiger partial charge in [0, 0.05) is 29.7 Å². The standard InChI is InChI=1S/C19H21ClF3N3O/c1-18(27)6-4-13(5-7-18)26-16-8-17(20)25-11-14(16)15-3-2-12(10-24-15)9-19(21,22)23/h2-3,8,10-11,13,27H,4-7,9H2,1H3,(H,25,26). The molecule has 1 saturated carbocycles. The molecule has 0 aromatic carbocycles. The molecular formula is C19H21ClF3N3O. The topological polar surface area (TPSA) is 58.0 Å². The fraction of sp³-hybridized carbons (Fsp3) is 0.474. The zero-order valence-corrected chi connectivity index (χ0v) is 15.6. The molecule has 4 nitrogen and oxygen atoms in total. The van der Waals surface area contributed by atoms with E-state index in [-0.39, 0.29) is 11.6 Å². The minimum atomic E-state index is -4.26. The highest BCUT2D eigenvalue weighted by Gasteiger charge is 2.29. The Morgan fingerprint density at radius 3 is 2.52 bits per heavy atom. The Hall–Kier alpha value is -1.86. The number of halogens is 4. The van der Waals surface area contributed by atoms with Crippen LogP contribution in [-0.2, 0) is 6.42 Å². The Labute approximate surface area is 160 Å². The van der Waals surface area contributed by atoms with E-state index in [0.29, 0.717) is 29.3 Å². The number of nitrogens with zero attached hydrogens (tertiary/aromatic N) is 2. The molecule has 0 aliphatic heterocycles. The van der Waals surface area contributed by atoms with E-state index in [1.807, 2.05) is 6.92 Å². The van der Waals surface area contributed by atoms with Gasteiger partial charge in [-0.2, -0.15) is 13.2 Å². The lowest BCUT2D eigenvalue weighted by Gasteiger charge is -2.34. The third-order valence-electron chi connectivity index (χ3n) is 4.80. The van der Waals surface area contributed by atoms with E-state index >= 15 is 0 Å². The van der Waals surface area contributed by atoms with Crippen LogP contribution in [0.15, 0.2) is 30.6 Å². The fourth-order valence-corrected chi connectivity index (χ4v) is 3.44. The van der Waals surface area contributed by atoms with E-state index in [9.17, 15) is 18.3 Å². The summed E-state index contributed by atoms with van der Waals surface area (Å²) in [7, 11) is 0. The van der Waals surface area contributed by atoms with E-state index in [1.165, 1.54) is 12.3 Å². The smallest absolute Gasteiger partial charge is 0.390 e. The maximum Gasteiger partial charge on any atom is 0.393 e. The first-order chi connectivity index (χ1) is 12.6. The van der Waals surface area contributed by atoms with Crippen LogP contribution in [0.1, 0.15) is 38.2 Å². The lowest BCUT2D eigenvalue weighted by molar-refractivity contribution is -0.127. The molecule has 1 fully saturated rings. The van der Waals surface area contributed by atoms with Gasteiger partial charge in [-0.3, -0.25) is 4.98 Å². The second-order valence-corrected chi connectivity index (χ2v) is 7.70. The molecule has 0 radical (unpaired) electrons. The van der Waals surface area contributed by atoms with Crippen LogP contribution in [0, 0.1) is 0 Å². The Morgan fingerprint density at radius 2 is 1.93 bits per heavy atom. The molecule has 2 aromatic rings. The molecule has 0 saturated heterocycles. The third-order valence-corrected chi connectivity index (χ3v) is 5.00. The van der Waals surface area contributed by atoms with Crippen molar-refractivity contribution < 1.29 is 18.3 Å². The maximum atomic E-state index is 12.5. The molecule has 27 heavy (non-hydrogen) atoms. The number of hydrogen-bond donors (Lipinski definition) is 2. The van der Waals surface area contributed by atoms with Crippen molar-refractivity contribution in [2.75, 3.05) is 5.32 Å². The van der Waals surface area contributed by atoms with Gasteiger partial charge in [0.15, 0.2) is 0 Å². The average Bonchev–Trinajstić information content (AvgIpc) is 2.57. The molecule has 146 valence electrons. The Balaban J connectivity index is 1.80. The van der Waals surface area contributed by atoms with E-state index in [1.54, 1.807) is 18.3 Å². The molecule has 1 aliphatic carbocycles. The minimum Gasteiger partial charge on any atom is -0.390 e. The Bertz CT molecular complexity index is 784. The minimum absolute atomic E-state index is 0.109. The SMILES string of the molecule is CC1(O)CCC(Nc2cc(Cl)ncc2-c2ccc(CC(F)(F)F)cn2)CC1. The molecule has 0 bridgehead atoms. The monoisotopic (exact) mass is 399 g/mol. The van der Waals surface area contributed by atoms with Crippen LogP contribution in [-0.4, -0.2) is 32.9 Å². The van der Waals surface area contributed by atoms with Crippen LogP contribution < -0.4 is 5.32 Å². The molecule has 3 rings (SSSR count). The van der Waals surface area contributed by atoms with Gasteiger partial charge in [0.25, 0.3) is 0 Å². The van der Waals surface area contributed by atoms with Gasteiger partial charge in [0.1, 0.15) is 5.15 Å². The molecule has 2 heterocycles. The summed E-state index contributed by atoms with van der Waals surface area (Å²) >= 11 is 6.03. The first-order valence-electron chi connectivity index (χ1n) is 8.78. The maximum absolute atomic E-state index is 12.5. The number of nitrogens with one attached hydrogen (secondary N) is 1. The van der Waals surface area contributed by atoms with Crippen LogP contribution in [0.2, 0.25) is 5.15 Å². The van der Waals surface area contributed by atoms with Crippen molar-refractivity contribution in [2.24, 2.45) is 0 Å². The number of rotatable bonds is 4. The Kier molecular flexibility index (Phi) is 5.63. The van der Waals surface area contributed by atoms with Crippen molar-refractivity contribution in [2.45, 2.75) is 56.8 Å². The van der Waals surface area contributed by atoms with Gasteiger partial charge in [0.05, 0.1) is 17.7 Å². The van der Waals surface area contributed by atoms with Gasteiger partial charge < -0.3 is 10.4 Å². The first-order valence-corrected chi connectivity index (χ1v) is 9.16. The summed E-state index contributed by atoms with van der Waals surface area (Å²) in [5, 5.41) is 13.8. The molecule has 0 unspecified atom stereocenters. The van der Waals surface area contributed by atoms with Gasteiger partial charge in [-0.15, -0.1) is 0 Å². The lowest BCUT2D eigenvalue weighted by atomic mass is 9.83. The van der Waals surface area contributed by atoms with Crippen molar-refractivity contribution in [3.8, 4) is 11.3 Å². The van der Waals surface area contributed by atoms with Gasteiger partial charge in [-0.1, -0.05) is 17.7 Å². The number of hydrogen-bond acceptors (Lipinski definition) is 4. The highest BCUT2D eigenvalue weighted by Crippen LogP contribution is 2.33. The summed E-state index contributed by atoms with van der Waals surface area (Å²) in [6, 6.07) is 4.84. The summed E-state index contributed by atoms with van der Waals surface area (Å²) in [5.41, 5.74) is 1.41. The highest BCUT2D eigenvalue weighted by atomic mass is 35.5. The zero-order valence-electron chi connectivity index (χ0n) is 14.9. The largest absolute Gasteiger partial charge is 0.393 e. The van der Waals surface area contributed by atoms with Crippen LogP contribution >= 0.6 is 11.6 Å². The fourth-order valence-electron chi connectivity index (χ4n) is 3.28. The van der Waals surface area contributed by atoms with Crippen molar-refractivity contribution in [1.29, 1.82) is 0 Å². The third kappa shape index (κ3) is 5.56. The van der Waals surface area contributed by atoms with E-state index in [2.05, 4.69) is 15.3 Å². The summed E-state index contributed by atoms with van der Waals surface area (Å²) < 4.78 is 37.5. The van der Waals surface area contributed by atoms with Gasteiger partial charge in [0.2, 0.25) is 0 Å². The highest BCUT2D eigenvalue weighted by molar-refractivity contribution is 6.29. The summed E-state index contributed by atoms with van der Waals surface area (Å²) in [6.07, 6.45) is 0.543. The van der Waals surface area contributed by atoms with Gasteiger partial charge in [-0.25, -0.2) is 4.98 Å². The summed E-state index contributed by atoms with van der Waals surface area (Å²) in [4.78, 5) is 8.26.